The summed E-state index contributed by atoms with van der Waals surface area (Å²) in [6.07, 6.45) is 8.07. The summed E-state index contributed by atoms with van der Waals surface area (Å²) in [7, 11) is -0.772. The Kier molecular flexibility index (Phi) is 9.79. The van der Waals surface area contributed by atoms with Crippen LogP contribution in [0.5, 0.6) is 11.5 Å². The Morgan fingerprint density at radius 3 is 2.54 bits per heavy atom. The predicted molar refractivity (Wildman–Crippen MR) is 188 cm³/mol. The summed E-state index contributed by atoms with van der Waals surface area (Å²) in [5.74, 6) is 0.425. The van der Waals surface area contributed by atoms with Gasteiger partial charge in [0.25, 0.3) is 5.91 Å². The van der Waals surface area contributed by atoms with Crippen molar-refractivity contribution in [2.24, 2.45) is 0 Å². The lowest BCUT2D eigenvalue weighted by Crippen LogP contribution is -2.40. The minimum atomic E-state index is -0.772. The van der Waals surface area contributed by atoms with E-state index in [0.29, 0.717) is 55.6 Å². The van der Waals surface area contributed by atoms with E-state index < -0.39 is 15.8 Å². The van der Waals surface area contributed by atoms with Crippen LogP contribution in [0, 0.1) is 5.82 Å². The fourth-order valence-electron chi connectivity index (χ4n) is 5.39. The molecule has 5 aromatic rings. The number of amides is 1. The molecule has 0 saturated carbocycles. The Morgan fingerprint density at radius 2 is 1.81 bits per heavy atom. The maximum absolute atomic E-state index is 14.2. The third-order valence-corrected chi connectivity index (χ3v) is 9.70. The maximum Gasteiger partial charge on any atom is 0.254 e. The molecule has 10 nitrogen and oxygen atoms in total. The number of ether oxygens (including phenoxy) is 3. The molecule has 48 heavy (non-hydrogen) atoms. The van der Waals surface area contributed by atoms with Crippen LogP contribution >= 0.6 is 21.6 Å². The normalized spacial score (nSPS) is 14.0. The Morgan fingerprint density at radius 1 is 1.04 bits per heavy atom. The largest absolute Gasteiger partial charge is 0.454 e. The number of para-hydroxylation sites is 1. The molecule has 1 fully saturated rings. The van der Waals surface area contributed by atoms with Gasteiger partial charge in [-0.25, -0.2) is 19.1 Å². The van der Waals surface area contributed by atoms with Gasteiger partial charge in [-0.05, 0) is 67.3 Å². The average molecular weight is 694 g/mol. The summed E-state index contributed by atoms with van der Waals surface area (Å²) in [5, 5.41) is 5.34. The Bertz CT molecular complexity index is 1980. The van der Waals surface area contributed by atoms with Crippen LogP contribution in [0.1, 0.15) is 26.4 Å². The van der Waals surface area contributed by atoms with Gasteiger partial charge in [-0.1, -0.05) is 23.7 Å². The van der Waals surface area contributed by atoms with Gasteiger partial charge in [0, 0.05) is 35.9 Å². The summed E-state index contributed by atoms with van der Waals surface area (Å²) in [5.41, 5.74) is 8.73. The average Bonchev–Trinajstić information content (AvgIpc) is 3.63. The highest BCUT2D eigenvalue weighted by Crippen LogP contribution is 2.34. The monoisotopic (exact) mass is 693 g/mol. The van der Waals surface area contributed by atoms with Crippen molar-refractivity contribution in [3.8, 4) is 17.2 Å². The number of rotatable bonds is 11. The van der Waals surface area contributed by atoms with Crippen LogP contribution in [0.15, 0.2) is 72.9 Å². The lowest BCUT2D eigenvalue weighted by Gasteiger charge is -2.26. The zero-order valence-electron chi connectivity index (χ0n) is 26.9. The molecule has 2 N–H and O–H groups in total. The highest BCUT2D eigenvalue weighted by atomic mass is 35.5. The number of ketones is 1. The van der Waals surface area contributed by atoms with E-state index in [1.165, 1.54) is 29.1 Å². The summed E-state index contributed by atoms with van der Waals surface area (Å²) in [4.78, 5) is 29.2. The lowest BCUT2D eigenvalue weighted by atomic mass is 10.1. The second-order valence-corrected chi connectivity index (χ2v) is 17.3. The van der Waals surface area contributed by atoms with Gasteiger partial charge < -0.3 is 29.4 Å². The molecule has 1 aliphatic heterocycles. The predicted octanol–water partition coefficient (Wildman–Crippen LogP) is 6.37. The van der Waals surface area contributed by atoms with E-state index in [0.717, 1.165) is 16.7 Å². The molecular formula is C35H37ClFN5O5S. The van der Waals surface area contributed by atoms with Crippen molar-refractivity contribution in [3.63, 3.8) is 0 Å². The van der Waals surface area contributed by atoms with E-state index in [4.69, 9.17) is 31.5 Å². The third kappa shape index (κ3) is 7.21. The fraction of sp³-hybridized carbons (Fsp3) is 0.286. The van der Waals surface area contributed by atoms with Crippen molar-refractivity contribution in [1.82, 2.24) is 19.2 Å². The Labute approximate surface area is 284 Å². The second kappa shape index (κ2) is 14.0. The van der Waals surface area contributed by atoms with Crippen molar-refractivity contribution in [1.29, 1.82) is 0 Å². The summed E-state index contributed by atoms with van der Waals surface area (Å²) >= 11 is 6.59. The molecule has 1 amide bonds. The fourth-order valence-corrected chi connectivity index (χ4v) is 6.25. The lowest BCUT2D eigenvalue weighted by molar-refractivity contribution is 0.0303. The molecule has 1 saturated heterocycles. The first-order chi connectivity index (χ1) is 23.0. The van der Waals surface area contributed by atoms with Crippen molar-refractivity contribution in [3.05, 3.63) is 101 Å². The van der Waals surface area contributed by atoms with Crippen LogP contribution in [0.3, 0.4) is 0 Å². The molecule has 252 valence electrons. The van der Waals surface area contributed by atoms with Gasteiger partial charge in [-0.2, -0.15) is 5.10 Å². The number of nitrogens with two attached hydrogens (primary N) is 1. The number of nitrogens with zero attached hydrogens (tertiary/aromatic N) is 4. The number of aromatic nitrogens is 3. The molecule has 0 radical (unpaired) electrons. The van der Waals surface area contributed by atoms with E-state index in [1.54, 1.807) is 51.9 Å². The van der Waals surface area contributed by atoms with Crippen LogP contribution in [0.25, 0.3) is 16.6 Å². The van der Waals surface area contributed by atoms with Gasteiger partial charge in [0.2, 0.25) is 5.78 Å². The highest BCUT2D eigenvalue weighted by Gasteiger charge is 2.25. The van der Waals surface area contributed by atoms with E-state index >= 15 is 0 Å². The van der Waals surface area contributed by atoms with E-state index in [1.807, 2.05) is 6.07 Å². The van der Waals surface area contributed by atoms with E-state index in [9.17, 15) is 14.0 Å². The third-order valence-electron chi connectivity index (χ3n) is 8.00. The maximum atomic E-state index is 14.2. The number of morpholine rings is 1. The van der Waals surface area contributed by atoms with Crippen LogP contribution in [-0.4, -0.2) is 88.4 Å². The molecule has 2 aromatic heterocycles. The first-order valence-electron chi connectivity index (χ1n) is 15.3. The molecule has 0 spiro atoms. The van der Waals surface area contributed by atoms with Crippen molar-refractivity contribution < 1.29 is 28.2 Å². The summed E-state index contributed by atoms with van der Waals surface area (Å²) in [6.45, 7) is 2.74. The first-order valence-corrected chi connectivity index (χ1v) is 18.8. The van der Waals surface area contributed by atoms with Crippen molar-refractivity contribution in [2.75, 3.05) is 63.2 Å². The quantitative estimate of drug-likeness (QED) is 0.126. The van der Waals surface area contributed by atoms with Crippen LogP contribution in [0.4, 0.5) is 10.2 Å². The number of nitrogen functional groups attached to an aromatic ring is 1. The van der Waals surface area contributed by atoms with Crippen LogP contribution in [0.2, 0.25) is 5.02 Å². The van der Waals surface area contributed by atoms with Gasteiger partial charge in [0.1, 0.15) is 18.3 Å². The Hall–Kier alpha value is -4.36. The summed E-state index contributed by atoms with van der Waals surface area (Å²) < 4.78 is 34.4. The number of anilines is 1. The van der Waals surface area contributed by atoms with Gasteiger partial charge in [0.15, 0.2) is 11.6 Å². The smallest absolute Gasteiger partial charge is 0.254 e. The number of carbonyl (C=O) groups excluding carboxylic acids is 2. The molecule has 0 aliphatic carbocycles. The second-order valence-electron chi connectivity index (χ2n) is 12.3. The van der Waals surface area contributed by atoms with E-state index in [-0.39, 0.29) is 40.6 Å². The molecular weight excluding hydrogens is 657 g/mol. The summed E-state index contributed by atoms with van der Waals surface area (Å²) in [6, 6.07) is 18.0. The zero-order valence-corrected chi connectivity index (χ0v) is 28.5. The zero-order chi connectivity index (χ0) is 34.0. The van der Waals surface area contributed by atoms with E-state index in [2.05, 4.69) is 23.9 Å². The standard InChI is InChI=1S/C35H37ClFN5O5S/c1-48(2,3)17-16-46-22-41-29-10-8-23(35(44)40-12-14-45-15-13-40)18-24(29)19-31(41)33(43)26-21-39-42(34(26)38)30-11-9-25(20-27(30)36)47-32-7-5-4-6-28(32)37/h4-11,18-21H,12-17,22,38H2,1-3H3. The first kappa shape index (κ1) is 33.5. The van der Waals surface area contributed by atoms with Gasteiger partial charge in [-0.3, -0.25) is 9.59 Å². The Balaban J connectivity index is 1.30. The van der Waals surface area contributed by atoms with Gasteiger partial charge >= 0.3 is 0 Å². The van der Waals surface area contributed by atoms with Crippen molar-refractivity contribution in [2.45, 2.75) is 6.73 Å². The molecule has 13 heteroatoms. The molecule has 6 rings (SSSR count). The number of carbonyl (C=O) groups is 2. The SMILES string of the molecule is CS(C)(C)CCOCn1c(C(=O)c2cnn(-c3ccc(Oc4ccccc4F)cc3Cl)c2N)cc2cc(C(=O)N3CCOCC3)ccc21. The van der Waals surface area contributed by atoms with Crippen LogP contribution in [-0.2, 0) is 16.2 Å². The highest BCUT2D eigenvalue weighted by molar-refractivity contribution is 8.32. The molecule has 0 unspecified atom stereocenters. The molecule has 0 atom stereocenters. The molecule has 3 heterocycles. The van der Waals surface area contributed by atoms with Crippen LogP contribution < -0.4 is 10.5 Å². The number of halogens is 2. The minimum absolute atomic E-state index is 0.0596. The number of hydrogen-bond acceptors (Lipinski definition) is 7. The van der Waals surface area contributed by atoms with Gasteiger partial charge in [-0.15, -0.1) is 0 Å². The number of hydrogen-bond donors (Lipinski definition) is 1. The van der Waals surface area contributed by atoms with Crippen molar-refractivity contribution >= 4 is 50.0 Å². The topological polar surface area (TPSA) is 114 Å². The number of fused-ring (bicyclic) bond motifs is 1. The molecule has 0 bridgehead atoms. The minimum Gasteiger partial charge on any atom is -0.454 e. The number of benzene rings is 3. The molecule has 1 aliphatic rings. The van der Waals surface area contributed by atoms with Gasteiger partial charge in [0.05, 0.1) is 53.5 Å². The molecule has 3 aromatic carbocycles.